The topological polar surface area (TPSA) is 50.2 Å². The first-order valence-corrected chi connectivity index (χ1v) is 7.70. The molecule has 1 aromatic rings. The molecule has 5 heteroatoms. The predicted octanol–water partition coefficient (Wildman–Crippen LogP) is 1.64. The van der Waals surface area contributed by atoms with Crippen molar-refractivity contribution in [1.82, 2.24) is 19.8 Å². The number of carbonyl (C=O) groups excluding carboxylic acids is 1. The molecule has 0 aromatic carbocycles. The van der Waals surface area contributed by atoms with Gasteiger partial charge in [0.25, 0.3) is 0 Å². The van der Waals surface area contributed by atoms with E-state index < -0.39 is 0 Å². The first-order valence-electron chi connectivity index (χ1n) is 7.70. The summed E-state index contributed by atoms with van der Waals surface area (Å²) in [5.74, 6) is 1.11. The van der Waals surface area contributed by atoms with Crippen LogP contribution in [0.2, 0.25) is 0 Å². The van der Waals surface area contributed by atoms with Crippen molar-refractivity contribution >= 4 is 5.91 Å². The summed E-state index contributed by atoms with van der Waals surface area (Å²) in [5.41, 5.74) is 0. The Bertz CT molecular complexity index is 423. The lowest BCUT2D eigenvalue weighted by Crippen LogP contribution is -2.36. The van der Waals surface area contributed by atoms with Gasteiger partial charge in [0.15, 0.2) is 0 Å². The van der Waals surface area contributed by atoms with E-state index in [2.05, 4.69) is 26.7 Å². The largest absolute Gasteiger partial charge is 0.349 e. The van der Waals surface area contributed by atoms with E-state index in [0.717, 1.165) is 38.4 Å². The molecule has 1 aliphatic rings. The number of carbonyl (C=O) groups is 1. The molecule has 0 bridgehead atoms. The molecule has 1 amide bonds. The number of amides is 1. The first kappa shape index (κ1) is 15.0. The van der Waals surface area contributed by atoms with Crippen LogP contribution in [-0.2, 0) is 17.9 Å². The summed E-state index contributed by atoms with van der Waals surface area (Å²) in [7, 11) is 0. The summed E-state index contributed by atoms with van der Waals surface area (Å²) in [4.78, 5) is 18.8. The van der Waals surface area contributed by atoms with E-state index >= 15 is 0 Å². The van der Waals surface area contributed by atoms with Gasteiger partial charge in [0, 0.05) is 31.4 Å². The van der Waals surface area contributed by atoms with Crippen LogP contribution in [0.25, 0.3) is 0 Å². The summed E-state index contributed by atoms with van der Waals surface area (Å²) >= 11 is 0. The molecule has 1 fully saturated rings. The van der Waals surface area contributed by atoms with Gasteiger partial charge in [0.2, 0.25) is 5.91 Å². The highest BCUT2D eigenvalue weighted by Gasteiger charge is 2.19. The average molecular weight is 278 g/mol. The average Bonchev–Trinajstić information content (AvgIpc) is 3.08. The van der Waals surface area contributed by atoms with Gasteiger partial charge in [0.05, 0.1) is 6.54 Å². The highest BCUT2D eigenvalue weighted by molar-refractivity contribution is 5.78. The standard InChI is InChI=1S/C15H26N4O/c1-3-7-19-10-6-16-14(19)11-17-15(20)13(2)12-18-8-4-5-9-18/h6,10,13H,3-5,7-9,11-12H2,1-2H3,(H,17,20)/t13-/m0/s1. The number of nitrogens with zero attached hydrogens (tertiary/aromatic N) is 3. The van der Waals surface area contributed by atoms with E-state index in [4.69, 9.17) is 0 Å². The maximum Gasteiger partial charge on any atom is 0.224 e. The molecule has 5 nitrogen and oxygen atoms in total. The number of rotatable bonds is 7. The van der Waals surface area contributed by atoms with Crippen LogP contribution in [-0.4, -0.2) is 40.0 Å². The second-order valence-electron chi connectivity index (χ2n) is 5.66. The minimum absolute atomic E-state index is 0.0442. The quantitative estimate of drug-likeness (QED) is 0.825. The van der Waals surface area contributed by atoms with E-state index in [9.17, 15) is 4.79 Å². The van der Waals surface area contributed by atoms with Gasteiger partial charge in [-0.3, -0.25) is 4.79 Å². The van der Waals surface area contributed by atoms with E-state index in [1.54, 1.807) is 6.20 Å². The Kier molecular flexibility index (Phi) is 5.59. The maximum absolute atomic E-state index is 12.1. The van der Waals surface area contributed by atoms with Crippen molar-refractivity contribution in [2.75, 3.05) is 19.6 Å². The van der Waals surface area contributed by atoms with Gasteiger partial charge in [-0.2, -0.15) is 0 Å². The lowest BCUT2D eigenvalue weighted by Gasteiger charge is -2.19. The number of nitrogens with one attached hydrogen (secondary N) is 1. The molecule has 1 saturated heterocycles. The molecule has 20 heavy (non-hydrogen) atoms. The maximum atomic E-state index is 12.1. The van der Waals surface area contributed by atoms with Gasteiger partial charge in [-0.25, -0.2) is 4.98 Å². The van der Waals surface area contributed by atoms with Gasteiger partial charge in [-0.1, -0.05) is 13.8 Å². The minimum atomic E-state index is 0.0442. The Morgan fingerprint density at radius 2 is 2.20 bits per heavy atom. The molecule has 0 unspecified atom stereocenters. The molecule has 1 aliphatic heterocycles. The van der Waals surface area contributed by atoms with Crippen molar-refractivity contribution in [3.8, 4) is 0 Å². The van der Waals surface area contributed by atoms with Crippen LogP contribution >= 0.6 is 0 Å². The van der Waals surface area contributed by atoms with Crippen molar-refractivity contribution < 1.29 is 4.79 Å². The summed E-state index contributed by atoms with van der Waals surface area (Å²) in [6, 6.07) is 0. The molecule has 1 atom stereocenters. The van der Waals surface area contributed by atoms with Crippen LogP contribution in [0.1, 0.15) is 38.9 Å². The molecule has 2 heterocycles. The monoisotopic (exact) mass is 278 g/mol. The third-order valence-corrected chi connectivity index (χ3v) is 3.87. The van der Waals surface area contributed by atoms with Crippen LogP contribution in [0.3, 0.4) is 0 Å². The molecule has 0 radical (unpaired) electrons. The summed E-state index contributed by atoms with van der Waals surface area (Å²) in [6.07, 6.45) is 7.37. The molecular weight excluding hydrogens is 252 g/mol. The van der Waals surface area contributed by atoms with Crippen molar-refractivity contribution in [3.05, 3.63) is 18.2 Å². The smallest absolute Gasteiger partial charge is 0.224 e. The highest BCUT2D eigenvalue weighted by atomic mass is 16.1. The molecule has 1 aromatic heterocycles. The number of aryl methyl sites for hydroxylation is 1. The number of likely N-dealkylation sites (tertiary alicyclic amines) is 1. The van der Waals surface area contributed by atoms with Gasteiger partial charge in [-0.15, -0.1) is 0 Å². The SMILES string of the molecule is CCCn1ccnc1CNC(=O)[C@@H](C)CN1CCCC1. The van der Waals surface area contributed by atoms with Crippen LogP contribution in [0.4, 0.5) is 0 Å². The second-order valence-corrected chi connectivity index (χ2v) is 5.66. The molecule has 0 spiro atoms. The van der Waals surface area contributed by atoms with Crippen LogP contribution in [0.15, 0.2) is 12.4 Å². The second kappa shape index (κ2) is 7.43. The molecule has 1 N–H and O–H groups in total. The Labute approximate surface area is 121 Å². The zero-order valence-corrected chi connectivity index (χ0v) is 12.6. The van der Waals surface area contributed by atoms with E-state index in [-0.39, 0.29) is 11.8 Å². The van der Waals surface area contributed by atoms with Crippen molar-refractivity contribution in [1.29, 1.82) is 0 Å². The molecule has 2 rings (SSSR count). The lowest BCUT2D eigenvalue weighted by atomic mass is 10.1. The summed E-state index contributed by atoms with van der Waals surface area (Å²) < 4.78 is 2.10. The molecule has 0 aliphatic carbocycles. The number of hydrogen-bond acceptors (Lipinski definition) is 3. The van der Waals surface area contributed by atoms with Gasteiger partial charge in [0.1, 0.15) is 5.82 Å². The zero-order valence-electron chi connectivity index (χ0n) is 12.6. The first-order chi connectivity index (χ1) is 9.70. The predicted molar refractivity (Wildman–Crippen MR) is 79.2 cm³/mol. The highest BCUT2D eigenvalue weighted by Crippen LogP contribution is 2.10. The third-order valence-electron chi connectivity index (χ3n) is 3.87. The lowest BCUT2D eigenvalue weighted by molar-refractivity contribution is -0.125. The van der Waals surface area contributed by atoms with Crippen LogP contribution in [0, 0.1) is 5.92 Å². The minimum Gasteiger partial charge on any atom is -0.349 e. The Balaban J connectivity index is 1.77. The van der Waals surface area contributed by atoms with Gasteiger partial charge in [-0.05, 0) is 32.4 Å². The van der Waals surface area contributed by atoms with Crippen molar-refractivity contribution in [3.63, 3.8) is 0 Å². The fourth-order valence-electron chi connectivity index (χ4n) is 2.73. The number of aromatic nitrogens is 2. The van der Waals surface area contributed by atoms with Crippen LogP contribution < -0.4 is 5.32 Å². The molecule has 112 valence electrons. The Morgan fingerprint density at radius 3 is 2.90 bits per heavy atom. The van der Waals surface area contributed by atoms with Crippen LogP contribution in [0.5, 0.6) is 0 Å². The molecule has 0 saturated carbocycles. The fourth-order valence-corrected chi connectivity index (χ4v) is 2.73. The van der Waals surface area contributed by atoms with E-state index in [1.807, 2.05) is 13.1 Å². The van der Waals surface area contributed by atoms with E-state index in [0.29, 0.717) is 6.54 Å². The van der Waals surface area contributed by atoms with Crippen molar-refractivity contribution in [2.45, 2.75) is 46.2 Å². The van der Waals surface area contributed by atoms with E-state index in [1.165, 1.54) is 12.8 Å². The van der Waals surface area contributed by atoms with Crippen molar-refractivity contribution in [2.24, 2.45) is 5.92 Å². The van der Waals surface area contributed by atoms with Gasteiger partial charge < -0.3 is 14.8 Å². The summed E-state index contributed by atoms with van der Waals surface area (Å²) in [5, 5.41) is 3.01. The Hall–Kier alpha value is -1.36. The third kappa shape index (κ3) is 4.07. The summed E-state index contributed by atoms with van der Waals surface area (Å²) in [6.45, 7) is 8.77. The van der Waals surface area contributed by atoms with Gasteiger partial charge >= 0.3 is 0 Å². The normalized spacial score (nSPS) is 17.3. The molecular formula is C15H26N4O. The zero-order chi connectivity index (χ0) is 14.4. The fraction of sp³-hybridized carbons (Fsp3) is 0.733. The Morgan fingerprint density at radius 1 is 1.45 bits per heavy atom. The number of hydrogen-bond donors (Lipinski definition) is 1. The number of imidazole rings is 1.